The summed E-state index contributed by atoms with van der Waals surface area (Å²) >= 11 is 0. The Morgan fingerprint density at radius 1 is 0.667 bits per heavy atom. The molecule has 9 rings (SSSR count). The third-order valence-electron chi connectivity index (χ3n) is 18.0. The predicted octanol–water partition coefficient (Wildman–Crippen LogP) is 2.35. The van der Waals surface area contributed by atoms with Crippen LogP contribution < -0.4 is 53.0 Å². The molecule has 5 aromatic carbocycles. The van der Waals surface area contributed by atoms with E-state index in [-0.39, 0.29) is 97.1 Å². The van der Waals surface area contributed by atoms with E-state index in [0.717, 1.165) is 0 Å². The zero-order chi connectivity index (χ0) is 73.7. The van der Waals surface area contributed by atoms with Gasteiger partial charge < -0.3 is 93.2 Å². The summed E-state index contributed by atoms with van der Waals surface area (Å²) in [4.78, 5) is 163. The van der Waals surface area contributed by atoms with Crippen LogP contribution in [0, 0.1) is 17.2 Å². The minimum Gasteiger partial charge on any atom is -0.508 e. The van der Waals surface area contributed by atoms with Gasteiger partial charge in [0, 0.05) is 72.9 Å². The number of aromatic hydroxyl groups is 3. The number of aliphatic carboxylic acids is 2. The number of likely N-dealkylation sites (tertiary alicyclic amines) is 1. The van der Waals surface area contributed by atoms with Gasteiger partial charge >= 0.3 is 17.9 Å². The van der Waals surface area contributed by atoms with E-state index in [0.29, 0.717) is 40.8 Å². The standard InChI is InChI=1S/C71H81N13O18/c1-5-37(4)59(66(96)80-52(30-41-34-74-35-76-41)67(97)84-26-10-14-54(84)64(94)81-53(68(98)99)28-38-11-7-6-8-12-38)83-63(93)50(27-39-15-18-42(85)19-16-39)79-65(95)58(36(2)3)82-61(91)49(13-9-25-75-70(72)73)77-62(92)51(33-57(88)89)78-60(90)40-17-22-46-45(29-40)69(100)102-71(46)47-23-20-43(86)31-55(47)101-56-32-44(87)21-24-48(56)71/h6-8,11-12,15-24,29,31-32,34-37,49-54,58-59,85-87H,5,9-10,13-14,25-28,30,33H2,1-4H3,(H,74,76)(H,77,92)(H,78,90)(H,79,95)(H,80,96)(H,81,94)(H,82,91)(H,83,93)(H,88,89)(H,98,99)(H4,72,73,75)/t37-,49-,50-,51-,52-,53-,54-,58-,59-/m0/s1. The number of carboxylic acid groups (broad SMARTS) is 2. The summed E-state index contributed by atoms with van der Waals surface area (Å²) in [6, 6.07) is 14.8. The topological polar surface area (TPSA) is 485 Å². The van der Waals surface area contributed by atoms with Crippen molar-refractivity contribution in [3.05, 3.63) is 166 Å². The van der Waals surface area contributed by atoms with E-state index in [1.807, 2.05) is 0 Å². The Bertz CT molecular complexity index is 4100. The lowest BCUT2D eigenvalue weighted by Gasteiger charge is -2.36. The lowest BCUT2D eigenvalue weighted by atomic mass is 9.77. The molecule has 8 amide bonds. The second-order valence-corrected chi connectivity index (χ2v) is 25.6. The van der Waals surface area contributed by atoms with Crippen LogP contribution in [0.2, 0.25) is 0 Å². The van der Waals surface area contributed by atoms with Gasteiger partial charge in [-0.05, 0) is 97.2 Å². The smallest absolute Gasteiger partial charge is 0.340 e. The number of carboxylic acids is 2. The summed E-state index contributed by atoms with van der Waals surface area (Å²) in [5.74, 6) is -13.1. The number of esters is 1. The number of nitrogens with two attached hydrogens (primary N) is 1. The van der Waals surface area contributed by atoms with Crippen LogP contribution in [0.1, 0.15) is 120 Å². The van der Waals surface area contributed by atoms with Gasteiger partial charge in [-0.25, -0.2) is 14.6 Å². The molecule has 17 N–H and O–H groups in total. The van der Waals surface area contributed by atoms with Gasteiger partial charge in [0.15, 0.2) is 11.6 Å². The number of guanidine groups is 1. The van der Waals surface area contributed by atoms with Crippen LogP contribution in [0.4, 0.5) is 0 Å². The Morgan fingerprint density at radius 2 is 1.25 bits per heavy atom. The molecular formula is C71H81N13O18. The third kappa shape index (κ3) is 17.7. The van der Waals surface area contributed by atoms with Gasteiger partial charge in [0.05, 0.1) is 24.0 Å². The third-order valence-corrected chi connectivity index (χ3v) is 18.0. The highest BCUT2D eigenvalue weighted by atomic mass is 16.6. The van der Waals surface area contributed by atoms with Gasteiger partial charge in [-0.1, -0.05) is 82.6 Å². The van der Waals surface area contributed by atoms with Gasteiger partial charge in [-0.2, -0.15) is 0 Å². The second kappa shape index (κ2) is 32.7. The predicted molar refractivity (Wildman–Crippen MR) is 363 cm³/mol. The first-order valence-corrected chi connectivity index (χ1v) is 33.1. The maximum atomic E-state index is 14.9. The van der Waals surface area contributed by atoms with Crippen molar-refractivity contribution >= 4 is 71.1 Å². The van der Waals surface area contributed by atoms with E-state index < -0.39 is 143 Å². The van der Waals surface area contributed by atoms with E-state index in [9.17, 15) is 78.3 Å². The fraction of sp³-hybridized carbons (Fsp3) is 0.366. The molecule has 3 aliphatic rings. The first-order chi connectivity index (χ1) is 48.6. The molecule has 31 nitrogen and oxygen atoms in total. The Balaban J connectivity index is 0.918. The molecule has 3 aliphatic heterocycles. The maximum Gasteiger partial charge on any atom is 0.340 e. The van der Waals surface area contributed by atoms with Crippen molar-refractivity contribution in [2.45, 2.75) is 139 Å². The molecule has 538 valence electrons. The maximum absolute atomic E-state index is 14.9. The summed E-state index contributed by atoms with van der Waals surface area (Å²) in [5, 5.41) is 79.7. The number of carbonyl (C=O) groups excluding carboxylic acids is 9. The second-order valence-electron chi connectivity index (χ2n) is 25.6. The van der Waals surface area contributed by atoms with Crippen molar-refractivity contribution in [1.82, 2.24) is 57.4 Å². The Labute approximate surface area is 584 Å². The Hall–Kier alpha value is -12.1. The average molecular weight is 1400 g/mol. The molecular weight excluding hydrogens is 1320 g/mol. The number of hydrogen-bond donors (Lipinski definition) is 16. The highest BCUT2D eigenvalue weighted by Gasteiger charge is 2.54. The van der Waals surface area contributed by atoms with Crippen molar-refractivity contribution < 1.29 is 87.7 Å². The number of phenolic OH excluding ortho intramolecular Hbond substituents is 3. The molecule has 6 aromatic rings. The molecule has 9 atom stereocenters. The van der Waals surface area contributed by atoms with Crippen LogP contribution in [-0.4, -0.2) is 173 Å². The number of benzene rings is 5. The van der Waals surface area contributed by atoms with Gasteiger partial charge in [-0.3, -0.25) is 48.6 Å². The normalized spacial score (nSPS) is 16.2. The Kier molecular flexibility index (Phi) is 23.8. The van der Waals surface area contributed by atoms with E-state index >= 15 is 0 Å². The average Bonchev–Trinajstić information content (AvgIpc) is 1.49. The monoisotopic (exact) mass is 1400 g/mol. The number of aromatic nitrogens is 2. The number of hydrogen-bond acceptors (Lipinski definition) is 18. The fourth-order valence-electron chi connectivity index (χ4n) is 12.5. The Morgan fingerprint density at radius 3 is 1.87 bits per heavy atom. The molecule has 0 unspecified atom stereocenters. The number of amides is 8. The van der Waals surface area contributed by atoms with Gasteiger partial charge in [0.2, 0.25) is 41.4 Å². The molecule has 31 heteroatoms. The number of rotatable bonds is 31. The van der Waals surface area contributed by atoms with Crippen molar-refractivity contribution in [2.75, 3.05) is 13.1 Å². The van der Waals surface area contributed by atoms with Crippen molar-refractivity contribution in [1.29, 1.82) is 5.41 Å². The highest BCUT2D eigenvalue weighted by molar-refractivity contribution is 6.04. The van der Waals surface area contributed by atoms with Gasteiger partial charge in [0.25, 0.3) is 5.91 Å². The minimum atomic E-state index is -1.89. The molecule has 1 saturated heterocycles. The SMILES string of the molecule is CC[C@H](C)[C@H](NC(=O)[C@H](Cc1ccc(O)cc1)NC(=O)[C@@H](NC(=O)[C@H](CCCNC(=N)N)NC(=O)[C@H](CC(=O)O)NC(=O)c1ccc2c(c1)C(=O)OC21c2ccc(O)cc2Oc2cc(O)ccc21)C(C)C)C(=O)N[C@@H](Cc1c[nH]cn1)C(=O)N1CCC[C@H]1C(=O)N[C@@H](Cc1ccccc1)C(=O)O. The number of carbonyl (C=O) groups is 11. The number of aromatic amines is 1. The van der Waals surface area contributed by atoms with Crippen LogP contribution in [0.3, 0.4) is 0 Å². The molecule has 0 aliphatic carbocycles. The largest absolute Gasteiger partial charge is 0.508 e. The number of ether oxygens (including phenoxy) is 2. The molecule has 0 saturated carbocycles. The summed E-state index contributed by atoms with van der Waals surface area (Å²) in [7, 11) is 0. The molecule has 4 heterocycles. The quantitative estimate of drug-likeness (QED) is 0.0128. The van der Waals surface area contributed by atoms with Crippen LogP contribution in [-0.2, 0) is 72.8 Å². The lowest BCUT2D eigenvalue weighted by Crippen LogP contribution is -2.62. The van der Waals surface area contributed by atoms with Gasteiger partial charge in [-0.15, -0.1) is 0 Å². The zero-order valence-electron chi connectivity index (χ0n) is 56.1. The summed E-state index contributed by atoms with van der Waals surface area (Å²) in [6.45, 7) is 6.63. The number of imidazole rings is 1. The van der Waals surface area contributed by atoms with Crippen molar-refractivity contribution in [3.63, 3.8) is 0 Å². The van der Waals surface area contributed by atoms with Crippen molar-refractivity contribution in [3.8, 4) is 28.7 Å². The molecule has 1 spiro atoms. The molecule has 0 radical (unpaired) electrons. The number of phenols is 3. The summed E-state index contributed by atoms with van der Waals surface area (Å²) < 4.78 is 12.1. The van der Waals surface area contributed by atoms with Crippen LogP contribution in [0.15, 0.2) is 122 Å². The van der Waals surface area contributed by atoms with Crippen molar-refractivity contribution in [2.24, 2.45) is 17.6 Å². The van der Waals surface area contributed by atoms with E-state index in [1.165, 1.54) is 96.3 Å². The number of nitrogens with one attached hydrogen (secondary N) is 10. The molecule has 1 aromatic heterocycles. The first-order valence-electron chi connectivity index (χ1n) is 33.1. The van der Waals surface area contributed by atoms with E-state index in [2.05, 4.69) is 52.5 Å². The molecule has 102 heavy (non-hydrogen) atoms. The summed E-state index contributed by atoms with van der Waals surface area (Å²) in [6.07, 6.45) is 2.01. The number of H-pyrrole nitrogens is 1. The first kappa shape index (κ1) is 74.2. The van der Waals surface area contributed by atoms with E-state index in [4.69, 9.17) is 20.6 Å². The van der Waals surface area contributed by atoms with E-state index in [1.54, 1.807) is 58.0 Å². The van der Waals surface area contributed by atoms with Crippen LogP contribution in [0.25, 0.3) is 0 Å². The number of fused-ring (bicyclic) bond motifs is 6. The molecule has 0 bridgehead atoms. The lowest BCUT2D eigenvalue weighted by molar-refractivity contribution is -0.145. The molecule has 1 fully saturated rings. The minimum absolute atomic E-state index is 0.00949. The highest BCUT2D eigenvalue weighted by Crippen LogP contribution is 2.57. The van der Waals surface area contributed by atoms with Gasteiger partial charge in [0.1, 0.15) is 77.1 Å². The fourth-order valence-corrected chi connectivity index (χ4v) is 12.5. The van der Waals surface area contributed by atoms with Crippen LogP contribution >= 0.6 is 0 Å². The number of nitrogens with zero attached hydrogens (tertiary/aromatic N) is 2. The van der Waals surface area contributed by atoms with Crippen LogP contribution in [0.5, 0.6) is 28.7 Å². The zero-order valence-corrected chi connectivity index (χ0v) is 56.1. The summed E-state index contributed by atoms with van der Waals surface area (Å²) in [5.41, 5.74) is 5.73.